The van der Waals surface area contributed by atoms with E-state index in [9.17, 15) is 0 Å². The number of nitrogens with zero attached hydrogens (tertiary/aromatic N) is 4. The lowest BCUT2D eigenvalue weighted by atomic mass is 10.6. The summed E-state index contributed by atoms with van der Waals surface area (Å²) < 4.78 is 0. The highest BCUT2D eigenvalue weighted by molar-refractivity contribution is 7.17. The molecule has 7 heteroatoms. The Balaban J connectivity index is 2.71. The first kappa shape index (κ1) is 12.4. The molecule has 0 spiro atoms. The van der Waals surface area contributed by atoms with Crippen LogP contribution in [0.15, 0.2) is 16.4 Å². The summed E-state index contributed by atoms with van der Waals surface area (Å²) in [6.07, 6.45) is 3.34. The van der Waals surface area contributed by atoms with Gasteiger partial charge in [0.25, 0.3) is 0 Å². The Kier molecular flexibility index (Phi) is 4.71. The summed E-state index contributed by atoms with van der Waals surface area (Å²) in [7, 11) is 0. The molecule has 4 N–H and O–H groups in total. The molecule has 0 unspecified atom stereocenters. The second kappa shape index (κ2) is 6.06. The normalized spacial score (nSPS) is 10.6. The molecule has 0 fully saturated rings. The molecule has 1 heterocycles. The largest absolute Gasteiger partial charge is 0.369 e. The van der Waals surface area contributed by atoms with Crippen LogP contribution in [0.4, 0.5) is 5.13 Å². The minimum Gasteiger partial charge on any atom is -0.369 e. The Hall–Kier alpha value is -1.63. The Morgan fingerprint density at radius 1 is 1.50 bits per heavy atom. The standard InChI is InChI=1S/C9H16N6S/c1-3-15(4-2)9-12-5-7(16-9)6-13-14-8(10)11/h5-6H,3-4H2,1-2H3,(H4,10,11,14). The number of thiazole rings is 1. The van der Waals surface area contributed by atoms with Gasteiger partial charge in [-0.05, 0) is 13.8 Å². The molecule has 1 rings (SSSR count). The molecule has 0 bridgehead atoms. The Morgan fingerprint density at radius 2 is 2.19 bits per heavy atom. The van der Waals surface area contributed by atoms with E-state index in [4.69, 9.17) is 11.5 Å². The van der Waals surface area contributed by atoms with Gasteiger partial charge in [-0.3, -0.25) is 0 Å². The Morgan fingerprint density at radius 3 is 2.75 bits per heavy atom. The Labute approximate surface area is 98.7 Å². The van der Waals surface area contributed by atoms with Crippen molar-refractivity contribution in [1.29, 1.82) is 0 Å². The van der Waals surface area contributed by atoms with Crippen LogP contribution < -0.4 is 16.4 Å². The predicted molar refractivity (Wildman–Crippen MR) is 69.1 cm³/mol. The molecule has 0 saturated heterocycles. The maximum atomic E-state index is 5.15. The molecule has 0 aromatic carbocycles. The zero-order valence-electron chi connectivity index (χ0n) is 9.42. The highest BCUT2D eigenvalue weighted by Crippen LogP contribution is 2.20. The minimum atomic E-state index is -0.0512. The fraction of sp³-hybridized carbons (Fsp3) is 0.444. The summed E-state index contributed by atoms with van der Waals surface area (Å²) in [5.74, 6) is -0.0512. The molecule has 88 valence electrons. The molecule has 0 aliphatic heterocycles. The number of hydrogen-bond donors (Lipinski definition) is 2. The fourth-order valence-corrected chi connectivity index (χ4v) is 2.04. The van der Waals surface area contributed by atoms with Gasteiger partial charge in [0.05, 0.1) is 11.1 Å². The quantitative estimate of drug-likeness (QED) is 0.447. The summed E-state index contributed by atoms with van der Waals surface area (Å²) in [5.41, 5.74) is 10.3. The maximum Gasteiger partial charge on any atom is 0.211 e. The minimum absolute atomic E-state index is 0.0512. The lowest BCUT2D eigenvalue weighted by molar-refractivity contribution is 0.860. The van der Waals surface area contributed by atoms with E-state index < -0.39 is 0 Å². The van der Waals surface area contributed by atoms with Crippen molar-refractivity contribution in [3.8, 4) is 0 Å². The van der Waals surface area contributed by atoms with Crippen LogP contribution >= 0.6 is 11.3 Å². The smallest absolute Gasteiger partial charge is 0.211 e. The van der Waals surface area contributed by atoms with Crippen LogP contribution in [-0.2, 0) is 0 Å². The van der Waals surface area contributed by atoms with Crippen LogP contribution in [-0.4, -0.2) is 30.2 Å². The average Bonchev–Trinajstić information content (AvgIpc) is 2.68. The first-order valence-corrected chi connectivity index (χ1v) is 5.81. The van der Waals surface area contributed by atoms with Crippen molar-refractivity contribution in [3.63, 3.8) is 0 Å². The van der Waals surface area contributed by atoms with Crippen molar-refractivity contribution in [3.05, 3.63) is 11.1 Å². The third-order valence-electron chi connectivity index (χ3n) is 1.90. The zero-order chi connectivity index (χ0) is 12.0. The van der Waals surface area contributed by atoms with Crippen LogP contribution in [0.1, 0.15) is 18.7 Å². The van der Waals surface area contributed by atoms with Gasteiger partial charge in [0.2, 0.25) is 5.96 Å². The third-order valence-corrected chi connectivity index (χ3v) is 2.90. The second-order valence-electron chi connectivity index (χ2n) is 2.99. The van der Waals surface area contributed by atoms with Gasteiger partial charge in [0.15, 0.2) is 5.13 Å². The molecule has 0 amide bonds. The maximum absolute atomic E-state index is 5.15. The first-order valence-electron chi connectivity index (χ1n) is 5.00. The van der Waals surface area contributed by atoms with Crippen LogP contribution in [0.2, 0.25) is 0 Å². The van der Waals surface area contributed by atoms with Crippen molar-refractivity contribution in [2.45, 2.75) is 13.8 Å². The van der Waals surface area contributed by atoms with Crippen molar-refractivity contribution < 1.29 is 0 Å². The number of guanidine groups is 1. The van der Waals surface area contributed by atoms with Crippen LogP contribution in [0.25, 0.3) is 0 Å². The third kappa shape index (κ3) is 3.50. The molecule has 1 aromatic heterocycles. The molecular formula is C9H16N6S. The van der Waals surface area contributed by atoms with E-state index in [-0.39, 0.29) is 5.96 Å². The van der Waals surface area contributed by atoms with Gasteiger partial charge in [-0.2, -0.15) is 5.10 Å². The van der Waals surface area contributed by atoms with Crippen LogP contribution in [0, 0.1) is 0 Å². The predicted octanol–water partition coefficient (Wildman–Crippen LogP) is 0.597. The topological polar surface area (TPSA) is 92.9 Å². The molecule has 6 nitrogen and oxygen atoms in total. The molecule has 0 radical (unpaired) electrons. The van der Waals surface area contributed by atoms with Crippen molar-refractivity contribution in [2.24, 2.45) is 21.7 Å². The number of aromatic nitrogens is 1. The van der Waals surface area contributed by atoms with Crippen molar-refractivity contribution in [1.82, 2.24) is 4.98 Å². The van der Waals surface area contributed by atoms with E-state index in [0.717, 1.165) is 23.1 Å². The van der Waals surface area contributed by atoms with Crippen molar-refractivity contribution >= 4 is 28.6 Å². The lowest BCUT2D eigenvalue weighted by Crippen LogP contribution is -2.21. The van der Waals surface area contributed by atoms with Gasteiger partial charge >= 0.3 is 0 Å². The molecule has 0 atom stereocenters. The number of rotatable bonds is 5. The van der Waals surface area contributed by atoms with E-state index in [1.54, 1.807) is 23.7 Å². The highest BCUT2D eigenvalue weighted by atomic mass is 32.1. The summed E-state index contributed by atoms with van der Waals surface area (Å²) in [5, 5.41) is 8.23. The molecule has 0 aliphatic carbocycles. The molecule has 1 aromatic rings. The van der Waals surface area contributed by atoms with Gasteiger partial charge in [0.1, 0.15) is 0 Å². The summed E-state index contributed by atoms with van der Waals surface area (Å²) >= 11 is 1.56. The highest BCUT2D eigenvalue weighted by Gasteiger charge is 2.05. The molecular weight excluding hydrogens is 224 g/mol. The first-order chi connectivity index (χ1) is 7.67. The van der Waals surface area contributed by atoms with Gasteiger partial charge in [0, 0.05) is 19.3 Å². The SMILES string of the molecule is CCN(CC)c1ncc(C=NN=C(N)N)s1. The monoisotopic (exact) mass is 240 g/mol. The summed E-state index contributed by atoms with van der Waals surface area (Å²) in [6, 6.07) is 0. The van der Waals surface area contributed by atoms with Gasteiger partial charge in [-0.25, -0.2) is 4.98 Å². The molecule has 16 heavy (non-hydrogen) atoms. The van der Waals surface area contributed by atoms with Crippen LogP contribution in [0.5, 0.6) is 0 Å². The van der Waals surface area contributed by atoms with Gasteiger partial charge < -0.3 is 16.4 Å². The van der Waals surface area contributed by atoms with E-state index >= 15 is 0 Å². The summed E-state index contributed by atoms with van der Waals surface area (Å²) in [4.78, 5) is 7.39. The summed E-state index contributed by atoms with van der Waals surface area (Å²) in [6.45, 7) is 6.07. The Bertz CT molecular complexity index is 375. The van der Waals surface area contributed by atoms with E-state index in [2.05, 4.69) is 33.9 Å². The van der Waals surface area contributed by atoms with Crippen molar-refractivity contribution in [2.75, 3.05) is 18.0 Å². The van der Waals surface area contributed by atoms with Crippen LogP contribution in [0.3, 0.4) is 0 Å². The number of hydrogen-bond acceptors (Lipinski definition) is 5. The van der Waals surface area contributed by atoms with E-state index in [1.165, 1.54) is 0 Å². The number of anilines is 1. The molecule has 0 aliphatic rings. The van der Waals surface area contributed by atoms with Gasteiger partial charge in [-0.15, -0.1) is 5.10 Å². The fourth-order valence-electron chi connectivity index (χ4n) is 1.13. The van der Waals surface area contributed by atoms with E-state index in [0.29, 0.717) is 0 Å². The zero-order valence-corrected chi connectivity index (χ0v) is 10.2. The van der Waals surface area contributed by atoms with Gasteiger partial charge in [-0.1, -0.05) is 11.3 Å². The number of nitrogens with two attached hydrogens (primary N) is 2. The second-order valence-corrected chi connectivity index (χ2v) is 4.03. The molecule has 0 saturated carbocycles. The van der Waals surface area contributed by atoms with E-state index in [1.807, 2.05) is 0 Å². The average molecular weight is 240 g/mol. The lowest BCUT2D eigenvalue weighted by Gasteiger charge is -2.16.